The van der Waals surface area contributed by atoms with Gasteiger partial charge in [-0.2, -0.15) is 0 Å². The second-order valence-electron chi connectivity index (χ2n) is 0.653. The normalized spacial score (nSPS) is 6.57. The van der Waals surface area contributed by atoms with E-state index in [0.717, 1.165) is 0 Å². The van der Waals surface area contributed by atoms with E-state index >= 15 is 0 Å². The van der Waals surface area contributed by atoms with Crippen molar-refractivity contribution < 1.29 is 9.08 Å². The van der Waals surface area contributed by atoms with Crippen molar-refractivity contribution in [1.82, 2.24) is 0 Å². The fourth-order valence-corrected chi connectivity index (χ4v) is 0.0945. The van der Waals surface area contributed by atoms with Crippen molar-refractivity contribution in [2.75, 3.05) is 6.54 Å². The van der Waals surface area contributed by atoms with Gasteiger partial charge in [0, 0.05) is 0 Å². The average Bonchev–Trinajstić information content (AvgIpc) is 1.65. The van der Waals surface area contributed by atoms with Gasteiger partial charge >= 0.3 is 35.5 Å². The molecule has 0 fully saturated rings. The minimum absolute atomic E-state index is 0. The number of rotatable bonds is 1. The summed E-state index contributed by atoms with van der Waals surface area (Å²) >= 11 is 4.52. The molecule has 0 radical (unpaired) electrons. The molecule has 0 heterocycles. The molecule has 3 nitrogen and oxygen atoms in total. The Kier molecular flexibility index (Phi) is 10.2. The van der Waals surface area contributed by atoms with E-state index in [1.54, 1.807) is 0 Å². The van der Waals surface area contributed by atoms with E-state index in [4.69, 9.17) is 5.73 Å². The van der Waals surface area contributed by atoms with Gasteiger partial charge in [-0.05, 0) is 0 Å². The number of hydrogen-bond donors (Lipinski definition) is 1. The van der Waals surface area contributed by atoms with Gasteiger partial charge in [0.15, 0.2) is 0 Å². The first-order valence-electron chi connectivity index (χ1n) is 1.32. The quantitative estimate of drug-likeness (QED) is 0.467. The zero-order valence-electron chi connectivity index (χ0n) is 2.98. The van der Waals surface area contributed by atoms with Crippen LogP contribution >= 0.6 is 11.9 Å². The van der Waals surface area contributed by atoms with Crippen molar-refractivity contribution in [3.05, 3.63) is 0 Å². The molecule has 0 aliphatic heterocycles. The van der Waals surface area contributed by atoms with Crippen LogP contribution in [0.4, 0.5) is 0 Å². The Hall–Kier alpha value is 0.720. The van der Waals surface area contributed by atoms with Crippen LogP contribution in [0.3, 0.4) is 0 Å². The zero-order chi connectivity index (χ0) is 4.99. The molecule has 0 aromatic rings. The van der Waals surface area contributed by atoms with E-state index in [0.29, 0.717) is 0 Å². The van der Waals surface area contributed by atoms with Gasteiger partial charge in [0.05, 0.1) is 6.54 Å². The third-order valence-electron chi connectivity index (χ3n) is 0.253. The summed E-state index contributed by atoms with van der Waals surface area (Å²) in [6, 6.07) is 0. The molecule has 0 saturated carbocycles. The number of carbonyl (C=O) groups excluding carboxylic acids is 1. The fourth-order valence-electron chi connectivity index (χ4n) is 0.0315. The van der Waals surface area contributed by atoms with Crippen molar-refractivity contribution in [2.45, 2.75) is 0 Å². The van der Waals surface area contributed by atoms with E-state index in [9.17, 15) is 4.79 Å². The van der Waals surface area contributed by atoms with E-state index in [2.05, 4.69) is 16.2 Å². The second-order valence-corrected chi connectivity index (χ2v) is 0.808. The Morgan fingerprint density at radius 1 is 1.86 bits per heavy atom. The van der Waals surface area contributed by atoms with Crippen LogP contribution < -0.4 is 5.73 Å². The van der Waals surface area contributed by atoms with Crippen molar-refractivity contribution in [2.24, 2.45) is 5.73 Å². The first-order valence-corrected chi connectivity index (χ1v) is 1.63. The molecule has 0 rings (SSSR count). The Morgan fingerprint density at radius 2 is 2.29 bits per heavy atom. The molecule has 0 atom stereocenters. The fraction of sp³-hybridized carbons (Fsp3) is 0.500. The Bertz CT molecular complexity index is 53.7. The van der Waals surface area contributed by atoms with Crippen LogP contribution in [-0.4, -0.2) is 42.1 Å². The molecule has 0 unspecified atom stereocenters. The zero-order valence-corrected chi connectivity index (χ0v) is 3.73. The van der Waals surface area contributed by atoms with Crippen LogP contribution in [0.5, 0.6) is 0 Å². The van der Waals surface area contributed by atoms with Gasteiger partial charge in [0.1, 0.15) is 11.9 Å². The van der Waals surface area contributed by atoms with Gasteiger partial charge in [-0.3, -0.25) is 0 Å². The molecule has 0 aromatic heterocycles. The van der Waals surface area contributed by atoms with Gasteiger partial charge in [-0.25, -0.2) is 4.79 Å². The van der Waals surface area contributed by atoms with Gasteiger partial charge < -0.3 is 10.0 Å². The predicted octanol–water partition coefficient (Wildman–Crippen LogP) is -1.01. The molecule has 0 amide bonds. The summed E-state index contributed by atoms with van der Waals surface area (Å²) in [5, 5.41) is 0. The van der Waals surface area contributed by atoms with Crippen LogP contribution in [0.1, 0.15) is 0 Å². The van der Waals surface area contributed by atoms with Gasteiger partial charge in [0.2, 0.25) is 0 Å². The van der Waals surface area contributed by atoms with Gasteiger partial charge in [-0.1, -0.05) is 0 Å². The molecule has 0 saturated heterocycles. The molecule has 0 spiro atoms. The first-order chi connectivity index (χ1) is 2.81. The Morgan fingerprint density at radius 3 is 2.29 bits per heavy atom. The summed E-state index contributed by atoms with van der Waals surface area (Å²) < 4.78 is 3.61. The van der Waals surface area contributed by atoms with E-state index in [1.807, 2.05) is 0 Å². The average molecular weight is 134 g/mol. The summed E-state index contributed by atoms with van der Waals surface area (Å²) in [5.74, 6) is -0.614. The number of carbonyl (C=O) groups is 1. The maximum absolute atomic E-state index is 9.70. The summed E-state index contributed by atoms with van der Waals surface area (Å²) in [6.45, 7) is -0.163. The van der Waals surface area contributed by atoms with Crippen LogP contribution in [0.25, 0.3) is 0 Å². The van der Waals surface area contributed by atoms with Crippen LogP contribution in [-0.2, 0) is 9.08 Å². The SMILES string of the molecule is NCC(=O)OCl.[NaH]. The first kappa shape index (κ1) is 10.7. The predicted molar refractivity (Wildman–Crippen MR) is 28.1 cm³/mol. The molecule has 7 heavy (non-hydrogen) atoms. The van der Waals surface area contributed by atoms with E-state index in [-0.39, 0.29) is 36.1 Å². The second kappa shape index (κ2) is 6.72. The molecule has 38 valence electrons. The summed E-state index contributed by atoms with van der Waals surface area (Å²) in [4.78, 5) is 9.70. The van der Waals surface area contributed by atoms with Crippen molar-refractivity contribution in [1.29, 1.82) is 0 Å². The standard InChI is InChI=1S/C2H4ClNO2.Na.H/c3-6-2(5)1-4;;/h1,4H2;;. The van der Waals surface area contributed by atoms with Crippen molar-refractivity contribution >= 4 is 47.4 Å². The molecule has 0 aliphatic carbocycles. The molecule has 2 N–H and O–H groups in total. The van der Waals surface area contributed by atoms with Gasteiger partial charge in [0.25, 0.3) is 0 Å². The maximum atomic E-state index is 9.70. The van der Waals surface area contributed by atoms with E-state index in [1.165, 1.54) is 0 Å². The molecule has 0 aromatic carbocycles. The topological polar surface area (TPSA) is 52.3 Å². The summed E-state index contributed by atoms with van der Waals surface area (Å²) in [5.41, 5.74) is 4.72. The molecule has 0 bridgehead atoms. The van der Waals surface area contributed by atoms with Crippen LogP contribution in [0.2, 0.25) is 0 Å². The molecular formula is C2H5ClNNaO2. The van der Waals surface area contributed by atoms with Crippen LogP contribution in [0, 0.1) is 0 Å². The Balaban J connectivity index is 0. The molecule has 5 heteroatoms. The monoisotopic (exact) mass is 133 g/mol. The number of halogens is 1. The number of nitrogens with two attached hydrogens (primary N) is 1. The summed E-state index contributed by atoms with van der Waals surface area (Å²) in [6.07, 6.45) is 0. The Labute approximate surface area is 68.6 Å². The van der Waals surface area contributed by atoms with E-state index < -0.39 is 5.97 Å². The molecule has 0 aliphatic rings. The van der Waals surface area contributed by atoms with Crippen molar-refractivity contribution in [3.63, 3.8) is 0 Å². The summed E-state index contributed by atoms with van der Waals surface area (Å²) in [7, 11) is 0. The number of hydrogen-bond acceptors (Lipinski definition) is 3. The minimum atomic E-state index is -0.614. The third-order valence-corrected chi connectivity index (χ3v) is 0.425. The third kappa shape index (κ3) is 6.72. The molecular weight excluding hydrogens is 128 g/mol. The van der Waals surface area contributed by atoms with Crippen LogP contribution in [0.15, 0.2) is 0 Å². The van der Waals surface area contributed by atoms with Gasteiger partial charge in [-0.15, -0.1) is 0 Å². The van der Waals surface area contributed by atoms with Crippen molar-refractivity contribution in [3.8, 4) is 0 Å².